The first-order chi connectivity index (χ1) is 6.61. The number of hydrogen-bond donors (Lipinski definition) is 2. The third-order valence-electron chi connectivity index (χ3n) is 1.71. The first-order valence-electron chi connectivity index (χ1n) is 4.26. The Morgan fingerprint density at radius 2 is 2.13 bits per heavy atom. The van der Waals surface area contributed by atoms with E-state index in [2.05, 4.69) is 4.72 Å². The normalized spacial score (nSPS) is 14.1. The van der Waals surface area contributed by atoms with E-state index in [1.165, 1.54) is 0 Å². The summed E-state index contributed by atoms with van der Waals surface area (Å²) in [6, 6.07) is -0.711. The molecular formula is C7H15Cl2N2O3S-. The molecule has 0 bridgehead atoms. The Kier molecular flexibility index (Phi) is 12.7. The predicted molar refractivity (Wildman–Crippen MR) is 61.7 cm³/mol. The quantitative estimate of drug-likeness (QED) is 0.374. The topological polar surface area (TPSA) is 95.2 Å². The van der Waals surface area contributed by atoms with Gasteiger partial charge in [-0.3, -0.25) is 9.00 Å². The van der Waals surface area contributed by atoms with E-state index >= 15 is 0 Å². The first-order valence-corrected chi connectivity index (χ1v) is 5.87. The fraction of sp³-hybridized carbons (Fsp3) is 0.857. The minimum absolute atomic E-state index is 0. The van der Waals surface area contributed by atoms with Crippen LogP contribution in [0, 0.1) is 0 Å². The summed E-state index contributed by atoms with van der Waals surface area (Å²) in [5.41, 5.74) is 5.27. The Morgan fingerprint density at radius 1 is 1.53 bits per heavy atom. The second-order valence-corrected chi connectivity index (χ2v) is 3.76. The SMILES string of the molecule is Cl.NCCCC[C@H](NS(=O)[O-])C(=O)CCl. The van der Waals surface area contributed by atoms with Crippen LogP contribution in [0.25, 0.3) is 0 Å². The molecule has 2 atom stereocenters. The summed E-state index contributed by atoms with van der Waals surface area (Å²) < 4.78 is 22.8. The van der Waals surface area contributed by atoms with E-state index in [1.807, 2.05) is 0 Å². The number of Topliss-reactive ketones (excluding diaryl/α,β-unsaturated/α-hetero) is 1. The summed E-state index contributed by atoms with van der Waals surface area (Å²) in [7, 11) is 0. The van der Waals surface area contributed by atoms with Gasteiger partial charge in [0.1, 0.15) is 0 Å². The minimum atomic E-state index is -2.43. The maximum absolute atomic E-state index is 11.1. The number of ketones is 1. The number of nitrogens with two attached hydrogens (primary N) is 1. The lowest BCUT2D eigenvalue weighted by molar-refractivity contribution is -0.118. The predicted octanol–water partition coefficient (Wildman–Crippen LogP) is 0.0974. The van der Waals surface area contributed by atoms with E-state index < -0.39 is 17.3 Å². The molecule has 5 nitrogen and oxygen atoms in total. The molecule has 8 heteroatoms. The van der Waals surface area contributed by atoms with Gasteiger partial charge in [-0.05, 0) is 19.4 Å². The van der Waals surface area contributed by atoms with E-state index in [9.17, 15) is 13.6 Å². The number of nitrogens with one attached hydrogen (secondary N) is 1. The van der Waals surface area contributed by atoms with Crippen molar-refractivity contribution in [2.75, 3.05) is 12.4 Å². The molecule has 92 valence electrons. The van der Waals surface area contributed by atoms with Gasteiger partial charge in [-0.1, -0.05) is 6.42 Å². The molecule has 0 spiro atoms. The van der Waals surface area contributed by atoms with Gasteiger partial charge in [0, 0.05) is 11.3 Å². The summed E-state index contributed by atoms with van der Waals surface area (Å²) in [6.45, 7) is 0.530. The molecule has 0 aliphatic heterocycles. The van der Waals surface area contributed by atoms with Crippen molar-refractivity contribution in [3.05, 3.63) is 0 Å². The van der Waals surface area contributed by atoms with Crippen LogP contribution in [0.3, 0.4) is 0 Å². The molecule has 0 saturated carbocycles. The molecule has 15 heavy (non-hydrogen) atoms. The van der Waals surface area contributed by atoms with Gasteiger partial charge in [0.15, 0.2) is 5.78 Å². The molecule has 0 radical (unpaired) electrons. The van der Waals surface area contributed by atoms with Crippen molar-refractivity contribution < 1.29 is 13.6 Å². The highest BCUT2D eigenvalue weighted by molar-refractivity contribution is 7.77. The Hall–Kier alpha value is 0.280. The van der Waals surface area contributed by atoms with Crippen molar-refractivity contribution >= 4 is 41.1 Å². The van der Waals surface area contributed by atoms with Gasteiger partial charge in [-0.25, -0.2) is 4.72 Å². The van der Waals surface area contributed by atoms with Crippen LogP contribution in [0.4, 0.5) is 0 Å². The van der Waals surface area contributed by atoms with Gasteiger partial charge in [-0.15, -0.1) is 24.0 Å². The number of hydrogen-bond acceptors (Lipinski definition) is 4. The monoisotopic (exact) mass is 277 g/mol. The first kappa shape index (κ1) is 17.7. The standard InChI is InChI=1S/C7H15ClN2O3S.ClH/c8-5-7(11)6(10-14(12)13)3-1-2-4-9;/h6,10H,1-5,9H2,(H,12,13);1H/p-1/t6-;/m0./s1. The fourth-order valence-corrected chi connectivity index (χ4v) is 1.66. The van der Waals surface area contributed by atoms with Crippen LogP contribution in [0.2, 0.25) is 0 Å². The van der Waals surface area contributed by atoms with Gasteiger partial charge < -0.3 is 10.3 Å². The highest BCUT2D eigenvalue weighted by atomic mass is 35.5. The average molecular weight is 278 g/mol. The Bertz CT molecular complexity index is 207. The summed E-state index contributed by atoms with van der Waals surface area (Å²) in [4.78, 5) is 11.1. The van der Waals surface area contributed by atoms with E-state index in [4.69, 9.17) is 17.3 Å². The molecule has 0 aromatic carbocycles. The van der Waals surface area contributed by atoms with Crippen LogP contribution < -0.4 is 10.5 Å². The maximum atomic E-state index is 11.1. The molecule has 0 heterocycles. The lowest BCUT2D eigenvalue weighted by atomic mass is 10.1. The molecule has 0 aromatic rings. The smallest absolute Gasteiger partial charge is 0.165 e. The Balaban J connectivity index is 0. The number of carbonyl (C=O) groups is 1. The van der Waals surface area contributed by atoms with Crippen LogP contribution in [-0.4, -0.2) is 33.0 Å². The van der Waals surface area contributed by atoms with E-state index in [1.54, 1.807) is 0 Å². The molecule has 0 aliphatic carbocycles. The van der Waals surface area contributed by atoms with Crippen LogP contribution in [-0.2, 0) is 16.1 Å². The molecule has 0 saturated heterocycles. The number of alkyl halides is 1. The molecule has 0 fully saturated rings. The summed E-state index contributed by atoms with van der Waals surface area (Å²) in [5.74, 6) is -0.495. The van der Waals surface area contributed by atoms with Crippen molar-refractivity contribution in [3.63, 3.8) is 0 Å². The largest absolute Gasteiger partial charge is 0.760 e. The fourth-order valence-electron chi connectivity index (χ4n) is 0.988. The van der Waals surface area contributed by atoms with Crippen molar-refractivity contribution in [1.82, 2.24) is 4.72 Å². The minimum Gasteiger partial charge on any atom is -0.760 e. The Morgan fingerprint density at radius 3 is 2.53 bits per heavy atom. The summed E-state index contributed by atoms with van der Waals surface area (Å²) in [5, 5.41) is 0. The average Bonchev–Trinajstić information content (AvgIpc) is 2.15. The van der Waals surface area contributed by atoms with Gasteiger partial charge in [0.25, 0.3) is 0 Å². The number of rotatable bonds is 8. The zero-order chi connectivity index (χ0) is 11.0. The number of carbonyl (C=O) groups excluding carboxylic acids is 1. The molecule has 0 aromatic heterocycles. The summed E-state index contributed by atoms with van der Waals surface area (Å²) in [6.07, 6.45) is 1.91. The third kappa shape index (κ3) is 9.22. The van der Waals surface area contributed by atoms with Gasteiger partial charge in [0.05, 0.1) is 11.9 Å². The van der Waals surface area contributed by atoms with Gasteiger partial charge >= 0.3 is 0 Å². The van der Waals surface area contributed by atoms with Gasteiger partial charge in [-0.2, -0.15) is 0 Å². The van der Waals surface area contributed by atoms with Crippen molar-refractivity contribution in [2.24, 2.45) is 5.73 Å². The molecule has 1 unspecified atom stereocenters. The van der Waals surface area contributed by atoms with Crippen molar-refractivity contribution in [3.8, 4) is 0 Å². The second kappa shape index (κ2) is 10.8. The highest BCUT2D eigenvalue weighted by Gasteiger charge is 2.16. The highest BCUT2D eigenvalue weighted by Crippen LogP contribution is 2.03. The molecular weight excluding hydrogens is 263 g/mol. The van der Waals surface area contributed by atoms with Crippen LogP contribution in [0.15, 0.2) is 0 Å². The lowest BCUT2D eigenvalue weighted by Crippen LogP contribution is -2.38. The second-order valence-electron chi connectivity index (χ2n) is 2.79. The van der Waals surface area contributed by atoms with Crippen molar-refractivity contribution in [1.29, 1.82) is 0 Å². The van der Waals surface area contributed by atoms with Crippen LogP contribution in [0.1, 0.15) is 19.3 Å². The van der Waals surface area contributed by atoms with Crippen LogP contribution >= 0.6 is 24.0 Å². The molecule has 3 N–H and O–H groups in total. The number of halogens is 2. The zero-order valence-electron chi connectivity index (χ0n) is 8.11. The van der Waals surface area contributed by atoms with Gasteiger partial charge in [0.2, 0.25) is 0 Å². The van der Waals surface area contributed by atoms with E-state index in [0.29, 0.717) is 19.4 Å². The zero-order valence-corrected chi connectivity index (χ0v) is 10.5. The van der Waals surface area contributed by atoms with E-state index in [-0.39, 0.29) is 24.1 Å². The third-order valence-corrected chi connectivity index (χ3v) is 2.45. The molecule has 0 rings (SSSR count). The maximum Gasteiger partial charge on any atom is 0.165 e. The molecule has 0 amide bonds. The molecule has 0 aliphatic rings. The lowest BCUT2D eigenvalue weighted by Gasteiger charge is -2.17. The Labute approximate surface area is 103 Å². The van der Waals surface area contributed by atoms with E-state index in [0.717, 1.165) is 6.42 Å². The summed E-state index contributed by atoms with van der Waals surface area (Å²) >= 11 is 2.89. The van der Waals surface area contributed by atoms with Crippen molar-refractivity contribution in [2.45, 2.75) is 25.3 Å². The number of unbranched alkanes of at least 4 members (excludes halogenated alkanes) is 1. The van der Waals surface area contributed by atoms with Crippen LogP contribution in [0.5, 0.6) is 0 Å².